The van der Waals surface area contributed by atoms with Crippen LogP contribution in [0.3, 0.4) is 0 Å². The number of aliphatic hydroxyl groups is 1. The van der Waals surface area contributed by atoms with Crippen molar-refractivity contribution in [2.75, 3.05) is 13.7 Å². The van der Waals surface area contributed by atoms with Crippen LogP contribution in [-0.2, 0) is 21.3 Å². The van der Waals surface area contributed by atoms with Crippen molar-refractivity contribution in [3.05, 3.63) is 60.3 Å². The Kier molecular flexibility index (Phi) is 7.62. The van der Waals surface area contributed by atoms with E-state index in [1.807, 2.05) is 30.5 Å². The quantitative estimate of drug-likeness (QED) is 0.478. The van der Waals surface area contributed by atoms with Gasteiger partial charge in [0.2, 0.25) is 10.0 Å². The Morgan fingerprint density at radius 2 is 1.94 bits per heavy atom. The summed E-state index contributed by atoms with van der Waals surface area (Å²) in [4.78, 5) is 0.242. The molecule has 3 aromatic rings. The van der Waals surface area contributed by atoms with E-state index in [1.54, 1.807) is 43.0 Å². The highest BCUT2D eigenvalue weighted by atomic mass is 32.2. The van der Waals surface area contributed by atoms with Gasteiger partial charge in [-0.2, -0.15) is 0 Å². The maximum Gasteiger partial charge on any atom is 0.241 e. The molecule has 1 saturated heterocycles. The fourth-order valence-electron chi connectivity index (χ4n) is 4.26. The number of sulfonamides is 1. The first-order chi connectivity index (χ1) is 16.4. The number of benzene rings is 2. The minimum Gasteiger partial charge on any atom is -0.496 e. The molecule has 0 saturated carbocycles. The van der Waals surface area contributed by atoms with E-state index in [2.05, 4.69) is 15.0 Å². The second kappa shape index (κ2) is 10.6. The van der Waals surface area contributed by atoms with Crippen molar-refractivity contribution in [2.45, 2.75) is 55.9 Å². The SMILES string of the molecule is COc1ccccc1-c1cn(CC[C@H]2CC[C@H](NS(=O)(=O)c3ccccc3C)[C@@H](CO)O2)nn1. The zero-order valence-corrected chi connectivity index (χ0v) is 20.1. The van der Waals surface area contributed by atoms with Crippen LogP contribution >= 0.6 is 0 Å². The van der Waals surface area contributed by atoms with E-state index in [1.165, 1.54) is 0 Å². The van der Waals surface area contributed by atoms with Gasteiger partial charge in [-0.05, 0) is 49.9 Å². The molecular weight excluding hydrogens is 456 g/mol. The maximum atomic E-state index is 12.9. The summed E-state index contributed by atoms with van der Waals surface area (Å²) >= 11 is 0. The predicted molar refractivity (Wildman–Crippen MR) is 127 cm³/mol. The topological polar surface area (TPSA) is 116 Å². The van der Waals surface area contributed by atoms with Crippen molar-refractivity contribution in [2.24, 2.45) is 0 Å². The molecule has 1 aliphatic rings. The van der Waals surface area contributed by atoms with Crippen molar-refractivity contribution < 1.29 is 23.0 Å². The molecule has 0 unspecified atom stereocenters. The van der Waals surface area contributed by atoms with Gasteiger partial charge in [0.15, 0.2) is 0 Å². The van der Waals surface area contributed by atoms with Crippen LogP contribution in [0.2, 0.25) is 0 Å². The molecule has 4 rings (SSSR count). The maximum absolute atomic E-state index is 12.9. The first kappa shape index (κ1) is 24.3. The molecule has 1 aliphatic heterocycles. The average molecular weight is 487 g/mol. The average Bonchev–Trinajstić information content (AvgIpc) is 3.32. The summed E-state index contributed by atoms with van der Waals surface area (Å²) in [6.45, 7) is 2.08. The van der Waals surface area contributed by atoms with Gasteiger partial charge in [-0.1, -0.05) is 35.5 Å². The Balaban J connectivity index is 1.35. The smallest absolute Gasteiger partial charge is 0.241 e. The first-order valence-corrected chi connectivity index (χ1v) is 12.8. The van der Waals surface area contributed by atoms with Gasteiger partial charge in [0.25, 0.3) is 0 Å². The normalized spacial score (nSPS) is 20.9. The summed E-state index contributed by atoms with van der Waals surface area (Å²) in [5.74, 6) is 0.732. The van der Waals surface area contributed by atoms with E-state index in [0.29, 0.717) is 31.4 Å². The summed E-state index contributed by atoms with van der Waals surface area (Å²) in [5.41, 5.74) is 2.26. The molecule has 2 heterocycles. The highest BCUT2D eigenvalue weighted by Crippen LogP contribution is 2.28. The fraction of sp³-hybridized carbons (Fsp3) is 0.417. The third-order valence-electron chi connectivity index (χ3n) is 6.09. The summed E-state index contributed by atoms with van der Waals surface area (Å²) < 4.78 is 41.7. The van der Waals surface area contributed by atoms with E-state index < -0.39 is 22.2 Å². The summed E-state index contributed by atoms with van der Waals surface area (Å²) in [7, 11) is -2.09. The number of nitrogens with zero attached hydrogens (tertiary/aromatic N) is 3. The molecule has 2 aromatic carbocycles. The first-order valence-electron chi connectivity index (χ1n) is 11.3. The molecule has 0 spiro atoms. The number of hydrogen-bond acceptors (Lipinski definition) is 7. The fourth-order valence-corrected chi connectivity index (χ4v) is 5.81. The Labute approximate surface area is 199 Å². The molecule has 9 nitrogen and oxygen atoms in total. The number of para-hydroxylation sites is 1. The number of aromatic nitrogens is 3. The largest absolute Gasteiger partial charge is 0.496 e. The number of methoxy groups -OCH3 is 1. The number of aryl methyl sites for hydroxylation is 2. The lowest BCUT2D eigenvalue weighted by atomic mass is 9.98. The van der Waals surface area contributed by atoms with Gasteiger partial charge in [-0.25, -0.2) is 13.1 Å². The van der Waals surface area contributed by atoms with Crippen LogP contribution in [0, 0.1) is 6.92 Å². The number of ether oxygens (including phenoxy) is 2. The summed E-state index contributed by atoms with van der Waals surface area (Å²) in [5, 5.41) is 18.3. The minimum absolute atomic E-state index is 0.115. The zero-order valence-electron chi connectivity index (χ0n) is 19.3. The molecule has 0 bridgehead atoms. The highest BCUT2D eigenvalue weighted by Gasteiger charge is 2.34. The molecular formula is C24H30N4O5S. The number of hydrogen-bond donors (Lipinski definition) is 2. The van der Waals surface area contributed by atoms with Crippen LogP contribution in [0.5, 0.6) is 5.75 Å². The molecule has 1 aromatic heterocycles. The lowest BCUT2D eigenvalue weighted by Crippen LogP contribution is -2.51. The van der Waals surface area contributed by atoms with Crippen molar-refractivity contribution in [1.29, 1.82) is 0 Å². The predicted octanol–water partition coefficient (Wildman–Crippen LogP) is 2.54. The van der Waals surface area contributed by atoms with E-state index in [0.717, 1.165) is 17.0 Å². The molecule has 0 aliphatic carbocycles. The van der Waals surface area contributed by atoms with Crippen molar-refractivity contribution >= 4 is 10.0 Å². The van der Waals surface area contributed by atoms with Crippen molar-refractivity contribution in [1.82, 2.24) is 19.7 Å². The van der Waals surface area contributed by atoms with Gasteiger partial charge in [-0.3, -0.25) is 4.68 Å². The van der Waals surface area contributed by atoms with E-state index in [9.17, 15) is 13.5 Å². The van der Waals surface area contributed by atoms with Gasteiger partial charge >= 0.3 is 0 Å². The van der Waals surface area contributed by atoms with Crippen LogP contribution in [0.15, 0.2) is 59.6 Å². The van der Waals surface area contributed by atoms with Gasteiger partial charge in [0.05, 0.1) is 43.1 Å². The molecule has 0 amide bonds. The second-order valence-electron chi connectivity index (χ2n) is 8.41. The van der Waals surface area contributed by atoms with Gasteiger partial charge in [0, 0.05) is 12.1 Å². The number of aliphatic hydroxyl groups excluding tert-OH is 1. The van der Waals surface area contributed by atoms with E-state index in [-0.39, 0.29) is 17.6 Å². The van der Waals surface area contributed by atoms with Crippen LogP contribution in [-0.4, -0.2) is 60.5 Å². The molecule has 0 radical (unpaired) electrons. The lowest BCUT2D eigenvalue weighted by molar-refractivity contribution is -0.0891. The van der Waals surface area contributed by atoms with Crippen LogP contribution in [0.25, 0.3) is 11.3 Å². The van der Waals surface area contributed by atoms with Crippen LogP contribution in [0.1, 0.15) is 24.8 Å². The lowest BCUT2D eigenvalue weighted by Gasteiger charge is -2.36. The summed E-state index contributed by atoms with van der Waals surface area (Å²) in [6.07, 6.45) is 3.05. The molecule has 34 heavy (non-hydrogen) atoms. The standard InChI is InChI=1S/C24H30N4O5S/c1-17-7-3-6-10-24(17)34(30,31)26-20-12-11-18(33-23(20)16-29)13-14-28-15-21(25-27-28)19-8-4-5-9-22(19)32-2/h3-10,15,18,20,23,26,29H,11-14,16H2,1-2H3/t18-,20+,23-/m1/s1. The van der Waals surface area contributed by atoms with E-state index in [4.69, 9.17) is 9.47 Å². The van der Waals surface area contributed by atoms with Gasteiger partial charge < -0.3 is 14.6 Å². The summed E-state index contributed by atoms with van der Waals surface area (Å²) in [6, 6.07) is 14.0. The zero-order chi connectivity index (χ0) is 24.1. The van der Waals surface area contributed by atoms with E-state index >= 15 is 0 Å². The molecule has 3 atom stereocenters. The van der Waals surface area contributed by atoms with Crippen LogP contribution < -0.4 is 9.46 Å². The minimum atomic E-state index is -3.71. The highest BCUT2D eigenvalue weighted by molar-refractivity contribution is 7.89. The molecule has 10 heteroatoms. The Hall–Kier alpha value is -2.79. The van der Waals surface area contributed by atoms with Gasteiger partial charge in [0.1, 0.15) is 11.4 Å². The monoisotopic (exact) mass is 486 g/mol. The molecule has 1 fully saturated rings. The van der Waals surface area contributed by atoms with Crippen LogP contribution in [0.4, 0.5) is 0 Å². The number of rotatable bonds is 9. The molecule has 182 valence electrons. The van der Waals surface area contributed by atoms with Crippen molar-refractivity contribution in [3.8, 4) is 17.0 Å². The van der Waals surface area contributed by atoms with Crippen molar-refractivity contribution in [3.63, 3.8) is 0 Å². The third-order valence-corrected chi connectivity index (χ3v) is 7.74. The Bertz CT molecular complexity index is 1210. The Morgan fingerprint density at radius 3 is 2.71 bits per heavy atom. The molecule has 2 N–H and O–H groups in total. The third kappa shape index (κ3) is 5.47. The van der Waals surface area contributed by atoms with Gasteiger partial charge in [-0.15, -0.1) is 5.10 Å². The number of nitrogens with one attached hydrogen (secondary N) is 1. The second-order valence-corrected chi connectivity index (χ2v) is 10.1. The Morgan fingerprint density at radius 1 is 1.18 bits per heavy atom.